The number of para-hydroxylation sites is 1. The van der Waals surface area contributed by atoms with Crippen LogP contribution in [0.15, 0.2) is 30.3 Å². The fourth-order valence-electron chi connectivity index (χ4n) is 3.39. The Morgan fingerprint density at radius 3 is 2.84 bits per heavy atom. The van der Waals surface area contributed by atoms with Crippen LogP contribution >= 0.6 is 0 Å². The molecule has 2 atom stereocenters. The standard InChI is InChI=1S/C19H26N2O4/c1-20(18(22)10-13-24-14-16-8-5-12-25-16)17-9-11-21(19(17)23)15-6-3-2-4-7-15/h2-4,6-7,16-17H,5,8-14H2,1H3/t16-,17-/m1/s1. The van der Waals surface area contributed by atoms with E-state index in [1.807, 2.05) is 30.3 Å². The molecule has 6 heteroatoms. The second-order valence-electron chi connectivity index (χ2n) is 6.59. The molecule has 1 aromatic rings. The number of amides is 2. The van der Waals surface area contributed by atoms with Crippen LogP contribution in [0.5, 0.6) is 0 Å². The van der Waals surface area contributed by atoms with E-state index in [0.29, 0.717) is 32.6 Å². The van der Waals surface area contributed by atoms with Crippen LogP contribution in [0.4, 0.5) is 5.69 Å². The van der Waals surface area contributed by atoms with Gasteiger partial charge in [-0.1, -0.05) is 18.2 Å². The van der Waals surface area contributed by atoms with E-state index < -0.39 is 0 Å². The minimum absolute atomic E-state index is 0.0117. The molecular formula is C19H26N2O4. The van der Waals surface area contributed by atoms with Crippen LogP contribution in [-0.2, 0) is 19.1 Å². The van der Waals surface area contributed by atoms with Crippen molar-refractivity contribution >= 4 is 17.5 Å². The Hall–Kier alpha value is -1.92. The minimum Gasteiger partial charge on any atom is -0.378 e. The summed E-state index contributed by atoms with van der Waals surface area (Å²) in [5.74, 6) is -0.0667. The summed E-state index contributed by atoms with van der Waals surface area (Å²) in [6.45, 7) is 2.35. The molecule has 0 radical (unpaired) electrons. The first-order valence-corrected chi connectivity index (χ1v) is 8.98. The molecule has 0 aliphatic carbocycles. The Bertz CT molecular complexity index is 586. The van der Waals surface area contributed by atoms with Crippen LogP contribution in [0.3, 0.4) is 0 Å². The third-order valence-corrected chi connectivity index (χ3v) is 4.89. The van der Waals surface area contributed by atoms with Crippen LogP contribution in [0.1, 0.15) is 25.7 Å². The van der Waals surface area contributed by atoms with Gasteiger partial charge in [-0.15, -0.1) is 0 Å². The predicted molar refractivity (Wildman–Crippen MR) is 94.4 cm³/mol. The molecule has 0 unspecified atom stereocenters. The Labute approximate surface area is 148 Å². The monoisotopic (exact) mass is 346 g/mol. The zero-order valence-electron chi connectivity index (χ0n) is 14.7. The highest BCUT2D eigenvalue weighted by Crippen LogP contribution is 2.24. The smallest absolute Gasteiger partial charge is 0.249 e. The van der Waals surface area contributed by atoms with E-state index >= 15 is 0 Å². The molecule has 1 aromatic carbocycles. The van der Waals surface area contributed by atoms with Crippen molar-refractivity contribution in [2.45, 2.75) is 37.8 Å². The van der Waals surface area contributed by atoms with Gasteiger partial charge in [0.1, 0.15) is 6.04 Å². The van der Waals surface area contributed by atoms with Gasteiger partial charge >= 0.3 is 0 Å². The van der Waals surface area contributed by atoms with Gasteiger partial charge in [0.15, 0.2) is 0 Å². The molecular weight excluding hydrogens is 320 g/mol. The first kappa shape index (κ1) is 17.9. The Kier molecular flexibility index (Phi) is 6.04. The van der Waals surface area contributed by atoms with Crippen molar-refractivity contribution < 1.29 is 19.1 Å². The highest BCUT2D eigenvalue weighted by Gasteiger charge is 2.36. The number of hydrogen-bond donors (Lipinski definition) is 0. The van der Waals surface area contributed by atoms with E-state index in [9.17, 15) is 9.59 Å². The summed E-state index contributed by atoms with van der Waals surface area (Å²) >= 11 is 0. The molecule has 0 aromatic heterocycles. The highest BCUT2D eigenvalue weighted by molar-refractivity contribution is 6.01. The molecule has 2 heterocycles. The van der Waals surface area contributed by atoms with Crippen LogP contribution in [0.25, 0.3) is 0 Å². The lowest BCUT2D eigenvalue weighted by atomic mass is 10.2. The number of nitrogens with zero attached hydrogens (tertiary/aromatic N) is 2. The molecule has 0 spiro atoms. The zero-order chi connectivity index (χ0) is 17.6. The average molecular weight is 346 g/mol. The van der Waals surface area contributed by atoms with Gasteiger partial charge < -0.3 is 19.3 Å². The number of ether oxygens (including phenoxy) is 2. The molecule has 136 valence electrons. The van der Waals surface area contributed by atoms with E-state index in [2.05, 4.69) is 0 Å². The van der Waals surface area contributed by atoms with Crippen molar-refractivity contribution in [2.24, 2.45) is 0 Å². The van der Waals surface area contributed by atoms with E-state index in [1.54, 1.807) is 16.8 Å². The second-order valence-corrected chi connectivity index (χ2v) is 6.59. The fourth-order valence-corrected chi connectivity index (χ4v) is 3.39. The van der Waals surface area contributed by atoms with Gasteiger partial charge in [0.05, 0.1) is 25.7 Å². The lowest BCUT2D eigenvalue weighted by molar-refractivity contribution is -0.137. The van der Waals surface area contributed by atoms with Gasteiger partial charge in [-0.25, -0.2) is 0 Å². The maximum atomic E-state index is 12.6. The van der Waals surface area contributed by atoms with E-state index in [4.69, 9.17) is 9.47 Å². The quantitative estimate of drug-likeness (QED) is 0.707. The van der Waals surface area contributed by atoms with Gasteiger partial charge in [-0.2, -0.15) is 0 Å². The Morgan fingerprint density at radius 1 is 1.32 bits per heavy atom. The Balaban J connectivity index is 1.44. The summed E-state index contributed by atoms with van der Waals surface area (Å²) < 4.78 is 11.0. The predicted octanol–water partition coefficient (Wildman–Crippen LogP) is 1.84. The third kappa shape index (κ3) is 4.38. The fraction of sp³-hybridized carbons (Fsp3) is 0.579. The van der Waals surface area contributed by atoms with Gasteiger partial charge in [0.25, 0.3) is 0 Å². The van der Waals surface area contributed by atoms with Crippen molar-refractivity contribution in [2.75, 3.05) is 38.3 Å². The highest BCUT2D eigenvalue weighted by atomic mass is 16.5. The number of rotatable bonds is 7. The Morgan fingerprint density at radius 2 is 2.12 bits per heavy atom. The first-order valence-electron chi connectivity index (χ1n) is 8.98. The first-order chi connectivity index (χ1) is 12.2. The summed E-state index contributed by atoms with van der Waals surface area (Å²) in [5.41, 5.74) is 0.885. The van der Waals surface area contributed by atoms with Gasteiger partial charge in [-0.3, -0.25) is 9.59 Å². The number of carbonyl (C=O) groups is 2. The van der Waals surface area contributed by atoms with Gasteiger partial charge in [0, 0.05) is 25.9 Å². The lowest BCUT2D eigenvalue weighted by Gasteiger charge is -2.24. The van der Waals surface area contributed by atoms with Crippen LogP contribution in [0, 0.1) is 0 Å². The van der Waals surface area contributed by atoms with Crippen LogP contribution < -0.4 is 4.90 Å². The number of likely N-dealkylation sites (N-methyl/N-ethyl adjacent to an activating group) is 1. The molecule has 2 saturated heterocycles. The summed E-state index contributed by atoms with van der Waals surface area (Å²) in [7, 11) is 1.71. The summed E-state index contributed by atoms with van der Waals surface area (Å²) in [4.78, 5) is 28.3. The topological polar surface area (TPSA) is 59.1 Å². The number of benzene rings is 1. The van der Waals surface area contributed by atoms with Crippen LogP contribution in [-0.4, -0.2) is 62.3 Å². The van der Waals surface area contributed by atoms with E-state index in [-0.39, 0.29) is 24.0 Å². The lowest BCUT2D eigenvalue weighted by Crippen LogP contribution is -2.43. The van der Waals surface area contributed by atoms with Crippen molar-refractivity contribution in [1.29, 1.82) is 0 Å². The summed E-state index contributed by atoms with van der Waals surface area (Å²) in [5, 5.41) is 0. The maximum Gasteiger partial charge on any atom is 0.249 e. The SMILES string of the molecule is CN(C(=O)CCOC[C@H]1CCCO1)[C@@H]1CCN(c2ccccc2)C1=O. The molecule has 0 bridgehead atoms. The van der Waals surface area contributed by atoms with Crippen molar-refractivity contribution in [1.82, 2.24) is 4.90 Å². The zero-order valence-corrected chi connectivity index (χ0v) is 14.7. The molecule has 2 amide bonds. The molecule has 2 fully saturated rings. The summed E-state index contributed by atoms with van der Waals surface area (Å²) in [6, 6.07) is 9.20. The largest absolute Gasteiger partial charge is 0.378 e. The third-order valence-electron chi connectivity index (χ3n) is 4.89. The molecule has 0 N–H and O–H groups in total. The summed E-state index contributed by atoms with van der Waals surface area (Å²) in [6.07, 6.45) is 3.23. The number of anilines is 1. The molecule has 0 saturated carbocycles. The van der Waals surface area contributed by atoms with E-state index in [1.165, 1.54) is 0 Å². The number of hydrogen-bond acceptors (Lipinski definition) is 4. The molecule has 25 heavy (non-hydrogen) atoms. The van der Waals surface area contributed by atoms with Gasteiger partial charge in [-0.05, 0) is 31.4 Å². The van der Waals surface area contributed by atoms with Crippen molar-refractivity contribution in [3.05, 3.63) is 30.3 Å². The average Bonchev–Trinajstić information content (AvgIpc) is 3.28. The number of carbonyl (C=O) groups excluding carboxylic acids is 2. The molecule has 2 aliphatic rings. The molecule has 2 aliphatic heterocycles. The van der Waals surface area contributed by atoms with Crippen molar-refractivity contribution in [3.8, 4) is 0 Å². The van der Waals surface area contributed by atoms with Crippen molar-refractivity contribution in [3.63, 3.8) is 0 Å². The minimum atomic E-state index is -0.383. The van der Waals surface area contributed by atoms with Crippen LogP contribution in [0.2, 0.25) is 0 Å². The maximum absolute atomic E-state index is 12.6. The van der Waals surface area contributed by atoms with Gasteiger partial charge in [0.2, 0.25) is 11.8 Å². The van der Waals surface area contributed by atoms with E-state index in [0.717, 1.165) is 25.1 Å². The molecule has 3 rings (SSSR count). The second kappa shape index (κ2) is 8.45. The molecule has 6 nitrogen and oxygen atoms in total. The normalized spacial score (nSPS) is 23.2.